The van der Waals surface area contributed by atoms with Crippen LogP contribution in [-0.4, -0.2) is 303 Å². The molecule has 31 heteroatoms. The fraction of sp³-hybridized carbons (Fsp3) is 0.938. The third-order valence-corrected chi connectivity index (χ3v) is 25.1. The Labute approximate surface area is 556 Å². The summed E-state index contributed by atoms with van der Waals surface area (Å²) in [6, 6.07) is 0. The van der Waals surface area contributed by atoms with Crippen molar-refractivity contribution in [2.24, 2.45) is 50.2 Å². The smallest absolute Gasteiger partial charge is 0.335 e. The summed E-state index contributed by atoms with van der Waals surface area (Å²) in [6.45, 7) is 16.6. The maximum atomic E-state index is 15.3. The van der Waals surface area contributed by atoms with Crippen molar-refractivity contribution in [2.75, 3.05) is 19.8 Å². The Bertz CT molecular complexity index is 2760. The van der Waals surface area contributed by atoms with Gasteiger partial charge in [-0.3, -0.25) is 4.79 Å². The third kappa shape index (κ3) is 12.8. The van der Waals surface area contributed by atoms with Crippen LogP contribution in [0.15, 0.2) is 11.6 Å². The molecule has 6 heterocycles. The normalized spacial score (nSPS) is 54.1. The Morgan fingerprint density at radius 3 is 1.68 bits per heavy atom. The van der Waals surface area contributed by atoms with Gasteiger partial charge in [0.25, 0.3) is 0 Å². The van der Waals surface area contributed by atoms with Gasteiger partial charge in [0.2, 0.25) is 6.29 Å². The molecular weight excluding hydrogens is 1280 g/mol. The molecule has 0 unspecified atom stereocenters. The van der Waals surface area contributed by atoms with Crippen LogP contribution in [0.25, 0.3) is 0 Å². The second-order valence-corrected chi connectivity index (χ2v) is 31.5. The average Bonchev–Trinajstić information content (AvgIpc) is 0.676. The monoisotopic (exact) mass is 1380 g/mol. The molecule has 6 aliphatic heterocycles. The highest BCUT2D eigenvalue weighted by Gasteiger charge is 2.71. The molecule has 10 fully saturated rings. The number of carbonyl (C=O) groups excluding carboxylic acids is 1. The predicted octanol–water partition coefficient (Wildman–Crippen LogP) is -3.60. The highest BCUT2D eigenvalue weighted by molar-refractivity contribution is 5.79. The van der Waals surface area contributed by atoms with Crippen LogP contribution in [-0.2, 0) is 66.4 Å². The van der Waals surface area contributed by atoms with E-state index < -0.39 is 232 Å². The molecule has 0 aromatic heterocycles. The van der Waals surface area contributed by atoms with Gasteiger partial charge < -0.3 is 144 Å². The van der Waals surface area contributed by atoms with Gasteiger partial charge in [0, 0.05) is 0 Å². The molecule has 0 aromatic rings. The van der Waals surface area contributed by atoms with Crippen molar-refractivity contribution < 1.29 is 153 Å². The largest absolute Gasteiger partial charge is 0.479 e. The molecule has 0 bridgehead atoms. The maximum Gasteiger partial charge on any atom is 0.335 e. The average molecular weight is 1380 g/mol. The van der Waals surface area contributed by atoms with Crippen LogP contribution < -0.4 is 0 Å². The lowest BCUT2D eigenvalue weighted by atomic mass is 9.33. The van der Waals surface area contributed by atoms with E-state index in [9.17, 15) is 91.6 Å². The van der Waals surface area contributed by atoms with Crippen LogP contribution in [0, 0.1) is 50.2 Å². The van der Waals surface area contributed by atoms with Crippen molar-refractivity contribution in [3.63, 3.8) is 0 Å². The molecule has 5 aliphatic carbocycles. The minimum absolute atomic E-state index is 0.0245. The molecule has 4 saturated carbocycles. The maximum absolute atomic E-state index is 15.3. The lowest BCUT2D eigenvalue weighted by molar-refractivity contribution is -0.386. The third-order valence-electron chi connectivity index (χ3n) is 25.1. The summed E-state index contributed by atoms with van der Waals surface area (Å²) in [4.78, 5) is 27.5. The van der Waals surface area contributed by atoms with Gasteiger partial charge in [0.05, 0.1) is 43.5 Å². The lowest BCUT2D eigenvalue weighted by Crippen LogP contribution is -2.67. The summed E-state index contributed by atoms with van der Waals surface area (Å²) in [5, 5.41) is 184. The number of esters is 1. The Kier molecular flexibility index (Phi) is 21.5. The molecule has 0 amide bonds. The van der Waals surface area contributed by atoms with Crippen LogP contribution in [0.4, 0.5) is 0 Å². The number of carboxylic acids is 1. The molecular formula is C65H104O31. The van der Waals surface area contributed by atoms with Crippen LogP contribution in [0.3, 0.4) is 0 Å². The highest BCUT2D eigenvalue weighted by Crippen LogP contribution is 2.76. The molecule has 0 radical (unpaired) electrons. The van der Waals surface area contributed by atoms with Crippen LogP contribution in [0.5, 0.6) is 0 Å². The van der Waals surface area contributed by atoms with Crippen molar-refractivity contribution in [1.82, 2.24) is 0 Å². The molecule has 11 rings (SSSR count). The number of carbonyl (C=O) groups is 2. The van der Waals surface area contributed by atoms with Gasteiger partial charge in [-0.2, -0.15) is 0 Å². The zero-order valence-corrected chi connectivity index (χ0v) is 55.6. The Morgan fingerprint density at radius 1 is 0.521 bits per heavy atom. The first kappa shape index (κ1) is 74.8. The SMILES string of the molecule is C[C@@H]1O[C@@H](O[C@H]2[C@H](O[C@H]3CC[C@]4(C)[C@H]5CC=C6[C@@H]7CC(C)(C)CC[C@]7(C(=O)O[C@@H]7O[C@H](CO[C@@H]8O[C@H](CO)[C@@H](O[C@@H]9O[C@@H](C)[C@H](O)[C@@H](O)[C@H]9O)[C@H](O)[C@H]8O)[C@@H](O)[C@H](O)[C@H]7O)CC[C@@]6(C)[C@]5(C)CC[C@H]4C3(C)C)OC[C@H](O)[C@@H]2O[C@@H]2O[C@H](C(=O)O)[C@H](O)[C@H](O)[C@H]2O)[C@H](O)[C@H](O)[C@H]1O. The van der Waals surface area contributed by atoms with Crippen molar-refractivity contribution in [3.8, 4) is 0 Å². The van der Waals surface area contributed by atoms with E-state index in [0.29, 0.717) is 51.4 Å². The fourth-order valence-corrected chi connectivity index (χ4v) is 19.0. The van der Waals surface area contributed by atoms with E-state index in [4.69, 9.17) is 56.8 Å². The number of rotatable bonds is 15. The summed E-state index contributed by atoms with van der Waals surface area (Å²) in [7, 11) is 0. The first-order valence-corrected chi connectivity index (χ1v) is 34.0. The Balaban J connectivity index is 0.791. The summed E-state index contributed by atoms with van der Waals surface area (Å²) in [5.74, 6) is -2.49. The van der Waals surface area contributed by atoms with Crippen molar-refractivity contribution in [2.45, 2.75) is 311 Å². The molecule has 11 aliphatic rings. The number of ether oxygens (including phenoxy) is 12. The lowest BCUT2D eigenvalue weighted by Gasteiger charge is -2.71. The molecule has 6 saturated heterocycles. The number of hydrogen-bond acceptors (Lipinski definition) is 30. The van der Waals surface area contributed by atoms with Crippen molar-refractivity contribution in [3.05, 3.63) is 11.6 Å². The first-order chi connectivity index (χ1) is 44.9. The zero-order chi connectivity index (χ0) is 70.2. The van der Waals surface area contributed by atoms with E-state index in [1.807, 2.05) is 0 Å². The van der Waals surface area contributed by atoms with Crippen LogP contribution in [0.1, 0.15) is 127 Å². The molecule has 0 aromatic carbocycles. The number of carboxylic acid groups (broad SMARTS) is 1. The van der Waals surface area contributed by atoms with Gasteiger partial charge in [0.15, 0.2) is 37.6 Å². The quantitative estimate of drug-likeness (QED) is 0.0428. The van der Waals surface area contributed by atoms with Gasteiger partial charge in [-0.05, 0) is 123 Å². The second kappa shape index (κ2) is 27.7. The summed E-state index contributed by atoms with van der Waals surface area (Å²) in [6.07, 6.45) is -41.5. The number of fused-ring (bicyclic) bond motifs is 7. The Morgan fingerprint density at radius 2 is 1.06 bits per heavy atom. The summed E-state index contributed by atoms with van der Waals surface area (Å²) >= 11 is 0. The van der Waals surface area contributed by atoms with Crippen molar-refractivity contribution in [1.29, 1.82) is 0 Å². The second-order valence-electron chi connectivity index (χ2n) is 31.5. The van der Waals surface area contributed by atoms with E-state index >= 15 is 4.79 Å². The molecule has 0 spiro atoms. The van der Waals surface area contributed by atoms with Gasteiger partial charge in [0.1, 0.15) is 122 Å². The zero-order valence-electron chi connectivity index (χ0n) is 55.6. The van der Waals surface area contributed by atoms with Gasteiger partial charge in [-0.25, -0.2) is 4.79 Å². The van der Waals surface area contributed by atoms with Gasteiger partial charge >= 0.3 is 11.9 Å². The molecule has 96 heavy (non-hydrogen) atoms. The van der Waals surface area contributed by atoms with E-state index in [1.165, 1.54) is 13.8 Å². The van der Waals surface area contributed by atoms with E-state index in [0.717, 1.165) is 18.4 Å². The van der Waals surface area contributed by atoms with Crippen molar-refractivity contribution >= 4 is 11.9 Å². The number of aliphatic hydroxyl groups is 16. The molecule has 37 atom stereocenters. The molecule has 17 N–H and O–H groups in total. The summed E-state index contributed by atoms with van der Waals surface area (Å²) < 4.78 is 71.9. The fourth-order valence-electron chi connectivity index (χ4n) is 19.0. The molecule has 550 valence electrons. The van der Waals surface area contributed by atoms with Crippen LogP contribution in [0.2, 0.25) is 0 Å². The number of allylic oxidation sites excluding steroid dienone is 2. The topological polar surface area (TPSA) is 489 Å². The number of aliphatic carboxylic acids is 1. The van der Waals surface area contributed by atoms with E-state index in [1.54, 1.807) is 0 Å². The van der Waals surface area contributed by atoms with E-state index in [2.05, 4.69) is 54.5 Å². The van der Waals surface area contributed by atoms with Gasteiger partial charge in [-0.1, -0.05) is 60.1 Å². The van der Waals surface area contributed by atoms with E-state index in [-0.39, 0.29) is 34.0 Å². The number of aliphatic hydroxyl groups excluding tert-OH is 16. The minimum Gasteiger partial charge on any atom is -0.479 e. The number of hydrogen-bond donors (Lipinski definition) is 17. The summed E-state index contributed by atoms with van der Waals surface area (Å²) in [5.41, 5.74) is -1.80. The predicted molar refractivity (Wildman–Crippen MR) is 320 cm³/mol. The Hall–Kier alpha value is -2.40. The van der Waals surface area contributed by atoms with Crippen LogP contribution >= 0.6 is 0 Å². The minimum atomic E-state index is -2.06. The molecule has 31 nitrogen and oxygen atoms in total. The highest BCUT2D eigenvalue weighted by atomic mass is 16.8. The standard InChI is InChI=1S/C65H104O31/c1-24-34(68)37(71)43(77)54(87-24)93-49-29(21-66)89-53(47(81)42(49)76)86-23-30-36(70)39(73)45(79)56(90-30)96-59(84)65-18-16-60(3,4)20-27(65)26-10-11-32-62(7)14-13-33(61(5,6)31(62)12-15-64(32,9)63(26,8)17-19-65)91-58-51(95-55-44(78)38(72)35(69)25(2)88-55)48(28(67)22-85-58)92-57-46(80)40(74)41(75)50(94-57)52(82)83/h10,24-25,27-51,53-58,66-81H,11-23H2,1-9H3,(H,82,83)/t24-,25-,27-,28-,29+,30+,31-,32+,33-,34-,35-,36+,37+,38+,39-,40-,41+,42+,43+,44+,45+,46+,47+,48-,49+,50-,51+,53+,54-,55-,56-,57+,58-,62-,63+,64+,65-/m0/s1. The first-order valence-electron chi connectivity index (χ1n) is 34.0. The van der Waals surface area contributed by atoms with Gasteiger partial charge in [-0.15, -0.1) is 0 Å².